The fourth-order valence-corrected chi connectivity index (χ4v) is 0.977. The van der Waals surface area contributed by atoms with Crippen molar-refractivity contribution < 1.29 is 19.0 Å². The Balaban J connectivity index is 2.88. The molecule has 0 aromatic heterocycles. The third-order valence-corrected chi connectivity index (χ3v) is 1.58. The highest BCUT2D eigenvalue weighted by Crippen LogP contribution is 2.19. The van der Waals surface area contributed by atoms with Gasteiger partial charge in [0.1, 0.15) is 5.60 Å². The molecule has 82 valence electrons. The molecular weight excluding hydrogens is 199 g/mol. The predicted molar refractivity (Wildman–Crippen MR) is 53.2 cm³/mol. The first-order valence-corrected chi connectivity index (χ1v) is 4.51. The molecule has 1 rings (SSSR count). The number of aromatic hydroxyl groups is 1. The summed E-state index contributed by atoms with van der Waals surface area (Å²) in [5.41, 5.74) is -0.481. The minimum Gasteiger partial charge on any atom is -0.505 e. The van der Waals surface area contributed by atoms with E-state index in [1.807, 2.05) is 0 Å². The number of benzene rings is 1. The number of carbonyl (C=O) groups excluding carboxylic acids is 1. The monoisotopic (exact) mass is 212 g/mol. The third-order valence-electron chi connectivity index (χ3n) is 1.58. The van der Waals surface area contributed by atoms with Gasteiger partial charge >= 0.3 is 5.97 Å². The zero-order chi connectivity index (χ0) is 11.6. The normalized spacial score (nSPS) is 11.2. The zero-order valence-electron chi connectivity index (χ0n) is 8.87. The van der Waals surface area contributed by atoms with Crippen molar-refractivity contribution in [2.24, 2.45) is 0 Å². The molecule has 3 nitrogen and oxygen atoms in total. The number of ether oxygens (including phenoxy) is 1. The van der Waals surface area contributed by atoms with Gasteiger partial charge in [0.15, 0.2) is 11.6 Å². The fourth-order valence-electron chi connectivity index (χ4n) is 0.977. The van der Waals surface area contributed by atoms with Crippen molar-refractivity contribution in [3.63, 3.8) is 0 Å². The molecule has 0 radical (unpaired) electrons. The molecule has 0 atom stereocenters. The quantitative estimate of drug-likeness (QED) is 0.727. The van der Waals surface area contributed by atoms with Gasteiger partial charge in [-0.1, -0.05) is 0 Å². The summed E-state index contributed by atoms with van der Waals surface area (Å²) in [4.78, 5) is 11.5. The molecule has 0 aliphatic rings. The van der Waals surface area contributed by atoms with Crippen LogP contribution in [0.15, 0.2) is 18.2 Å². The lowest BCUT2D eigenvalue weighted by molar-refractivity contribution is 0.00690. The van der Waals surface area contributed by atoms with Gasteiger partial charge in [-0.25, -0.2) is 9.18 Å². The summed E-state index contributed by atoms with van der Waals surface area (Å²) in [5.74, 6) is -1.90. The standard InChI is InChI=1S/C11H13FO3/c1-11(2,3)15-10(14)7-4-5-8(12)9(13)6-7/h4-6,13H,1-3H3. The van der Waals surface area contributed by atoms with Gasteiger partial charge in [-0.3, -0.25) is 0 Å². The second-order valence-corrected chi connectivity index (χ2v) is 4.17. The Kier molecular flexibility index (Phi) is 2.98. The van der Waals surface area contributed by atoms with E-state index >= 15 is 0 Å². The van der Waals surface area contributed by atoms with Crippen molar-refractivity contribution in [3.05, 3.63) is 29.6 Å². The average Bonchev–Trinajstić information content (AvgIpc) is 2.06. The van der Waals surface area contributed by atoms with Crippen LogP contribution in [0.25, 0.3) is 0 Å². The van der Waals surface area contributed by atoms with E-state index in [2.05, 4.69) is 0 Å². The number of rotatable bonds is 1. The van der Waals surface area contributed by atoms with Crippen LogP contribution in [0.5, 0.6) is 5.75 Å². The van der Waals surface area contributed by atoms with Crippen molar-refractivity contribution in [2.75, 3.05) is 0 Å². The van der Waals surface area contributed by atoms with E-state index < -0.39 is 23.1 Å². The number of esters is 1. The Morgan fingerprint density at radius 1 is 1.40 bits per heavy atom. The van der Waals surface area contributed by atoms with Crippen LogP contribution in [0.1, 0.15) is 31.1 Å². The zero-order valence-corrected chi connectivity index (χ0v) is 8.87. The minimum absolute atomic E-state index is 0.129. The molecule has 0 aliphatic carbocycles. The lowest BCUT2D eigenvalue weighted by Crippen LogP contribution is -2.23. The second kappa shape index (κ2) is 3.88. The SMILES string of the molecule is CC(C)(C)OC(=O)c1ccc(F)c(O)c1. The summed E-state index contributed by atoms with van der Waals surface area (Å²) in [7, 11) is 0. The van der Waals surface area contributed by atoms with Gasteiger partial charge in [0.2, 0.25) is 0 Å². The first kappa shape index (κ1) is 11.5. The number of hydrogen-bond donors (Lipinski definition) is 1. The van der Waals surface area contributed by atoms with Gasteiger partial charge in [-0.15, -0.1) is 0 Å². The Bertz CT molecular complexity index is 380. The summed E-state index contributed by atoms with van der Waals surface area (Å²) in [6, 6.07) is 3.33. The molecule has 1 N–H and O–H groups in total. The Morgan fingerprint density at radius 3 is 2.47 bits per heavy atom. The lowest BCUT2D eigenvalue weighted by atomic mass is 10.1. The van der Waals surface area contributed by atoms with Gasteiger partial charge in [-0.2, -0.15) is 0 Å². The highest BCUT2D eigenvalue weighted by molar-refractivity contribution is 5.90. The summed E-state index contributed by atoms with van der Waals surface area (Å²) in [6.07, 6.45) is 0. The number of phenols is 1. The molecule has 4 heteroatoms. The van der Waals surface area contributed by atoms with E-state index in [0.717, 1.165) is 12.1 Å². The Hall–Kier alpha value is -1.58. The highest BCUT2D eigenvalue weighted by Gasteiger charge is 2.18. The number of phenolic OH excluding ortho intramolecular Hbond substituents is 1. The largest absolute Gasteiger partial charge is 0.505 e. The first-order valence-electron chi connectivity index (χ1n) is 4.51. The summed E-state index contributed by atoms with van der Waals surface area (Å²) in [6.45, 7) is 5.19. The topological polar surface area (TPSA) is 46.5 Å². The summed E-state index contributed by atoms with van der Waals surface area (Å²) in [5, 5.41) is 9.06. The van der Waals surface area contributed by atoms with Crippen LogP contribution in [0.2, 0.25) is 0 Å². The highest BCUT2D eigenvalue weighted by atomic mass is 19.1. The van der Waals surface area contributed by atoms with Crippen molar-refractivity contribution in [2.45, 2.75) is 26.4 Å². The van der Waals surface area contributed by atoms with E-state index in [9.17, 15) is 9.18 Å². The molecule has 0 heterocycles. The van der Waals surface area contributed by atoms with Crippen LogP contribution in [-0.2, 0) is 4.74 Å². The molecule has 0 amide bonds. The second-order valence-electron chi connectivity index (χ2n) is 4.17. The maximum absolute atomic E-state index is 12.7. The van der Waals surface area contributed by atoms with Crippen LogP contribution >= 0.6 is 0 Å². The molecule has 0 aliphatic heterocycles. The molecule has 0 unspecified atom stereocenters. The van der Waals surface area contributed by atoms with E-state index in [4.69, 9.17) is 9.84 Å². The number of hydrogen-bond acceptors (Lipinski definition) is 3. The molecule has 0 bridgehead atoms. The van der Waals surface area contributed by atoms with Crippen LogP contribution < -0.4 is 0 Å². The molecular formula is C11H13FO3. The van der Waals surface area contributed by atoms with Crippen LogP contribution in [0.3, 0.4) is 0 Å². The van der Waals surface area contributed by atoms with Gasteiger partial charge in [0, 0.05) is 0 Å². The number of carbonyl (C=O) groups is 1. The third kappa shape index (κ3) is 3.23. The minimum atomic E-state index is -0.762. The van der Waals surface area contributed by atoms with Crippen LogP contribution in [-0.4, -0.2) is 16.7 Å². The van der Waals surface area contributed by atoms with E-state index in [-0.39, 0.29) is 5.56 Å². The molecule has 15 heavy (non-hydrogen) atoms. The van der Waals surface area contributed by atoms with Gasteiger partial charge in [0.25, 0.3) is 0 Å². The predicted octanol–water partition coefficient (Wildman–Crippen LogP) is 2.49. The van der Waals surface area contributed by atoms with Crippen LogP contribution in [0.4, 0.5) is 4.39 Å². The molecule has 1 aromatic carbocycles. The van der Waals surface area contributed by atoms with E-state index in [0.29, 0.717) is 0 Å². The smallest absolute Gasteiger partial charge is 0.338 e. The van der Waals surface area contributed by atoms with E-state index in [1.165, 1.54) is 6.07 Å². The Labute approximate surface area is 87.5 Å². The van der Waals surface area contributed by atoms with Crippen molar-refractivity contribution in [1.82, 2.24) is 0 Å². The van der Waals surface area contributed by atoms with Gasteiger partial charge in [-0.05, 0) is 39.0 Å². The fraction of sp³-hybridized carbons (Fsp3) is 0.364. The van der Waals surface area contributed by atoms with Crippen molar-refractivity contribution in [1.29, 1.82) is 0 Å². The first-order chi connectivity index (χ1) is 6.79. The lowest BCUT2D eigenvalue weighted by Gasteiger charge is -2.19. The maximum atomic E-state index is 12.7. The average molecular weight is 212 g/mol. The number of halogens is 1. The molecule has 0 spiro atoms. The molecule has 0 saturated heterocycles. The molecule has 0 saturated carbocycles. The summed E-state index contributed by atoms with van der Waals surface area (Å²) >= 11 is 0. The van der Waals surface area contributed by atoms with Gasteiger partial charge in [0.05, 0.1) is 5.56 Å². The van der Waals surface area contributed by atoms with Crippen LogP contribution in [0, 0.1) is 5.82 Å². The Morgan fingerprint density at radius 2 is 2.00 bits per heavy atom. The van der Waals surface area contributed by atoms with Gasteiger partial charge < -0.3 is 9.84 Å². The molecule has 1 aromatic rings. The summed E-state index contributed by atoms with van der Waals surface area (Å²) < 4.78 is 17.7. The molecule has 0 fully saturated rings. The van der Waals surface area contributed by atoms with Crippen molar-refractivity contribution in [3.8, 4) is 5.75 Å². The van der Waals surface area contributed by atoms with Crippen molar-refractivity contribution >= 4 is 5.97 Å². The van der Waals surface area contributed by atoms with E-state index in [1.54, 1.807) is 20.8 Å². The maximum Gasteiger partial charge on any atom is 0.338 e.